The van der Waals surface area contributed by atoms with Gasteiger partial charge in [0.2, 0.25) is 0 Å². The average Bonchev–Trinajstić information content (AvgIpc) is 2.53. The molecule has 0 spiro atoms. The summed E-state index contributed by atoms with van der Waals surface area (Å²) >= 11 is 5.91. The van der Waals surface area contributed by atoms with Gasteiger partial charge in [0.15, 0.2) is 0 Å². The van der Waals surface area contributed by atoms with Crippen molar-refractivity contribution in [1.82, 2.24) is 14.5 Å². The van der Waals surface area contributed by atoms with Gasteiger partial charge in [-0.1, -0.05) is 23.7 Å². The zero-order valence-electron chi connectivity index (χ0n) is 12.6. The number of benzene rings is 1. The number of hydrogen-bond donors (Lipinski definition) is 0. The molecule has 1 aromatic carbocycles. The molecular formula is C16H19ClN4O. The van der Waals surface area contributed by atoms with Crippen LogP contribution in [-0.4, -0.2) is 40.6 Å². The monoisotopic (exact) mass is 318 g/mol. The molecule has 0 saturated carbocycles. The van der Waals surface area contributed by atoms with E-state index in [9.17, 15) is 4.79 Å². The summed E-state index contributed by atoms with van der Waals surface area (Å²) in [6.07, 6.45) is 1.58. The van der Waals surface area contributed by atoms with Crippen LogP contribution < -0.4 is 10.5 Å². The van der Waals surface area contributed by atoms with Crippen molar-refractivity contribution in [2.45, 2.75) is 6.54 Å². The third-order valence-electron chi connectivity index (χ3n) is 3.98. The van der Waals surface area contributed by atoms with E-state index in [-0.39, 0.29) is 5.56 Å². The Morgan fingerprint density at radius 3 is 2.45 bits per heavy atom. The molecule has 0 amide bonds. The SMILES string of the molecule is Cn1cnc(N2CCN(Cc3ccc(Cl)cc3)CC2)cc1=O. The van der Waals surface area contributed by atoms with Gasteiger partial charge in [0, 0.05) is 50.9 Å². The molecule has 1 aliphatic rings. The van der Waals surface area contributed by atoms with Gasteiger partial charge in [0.05, 0.1) is 6.33 Å². The summed E-state index contributed by atoms with van der Waals surface area (Å²) < 4.78 is 1.49. The predicted octanol–water partition coefficient (Wildman–Crippen LogP) is 1.76. The van der Waals surface area contributed by atoms with Gasteiger partial charge in [-0.3, -0.25) is 9.69 Å². The Morgan fingerprint density at radius 2 is 1.82 bits per heavy atom. The van der Waals surface area contributed by atoms with Crippen LogP contribution in [0.2, 0.25) is 5.02 Å². The highest BCUT2D eigenvalue weighted by molar-refractivity contribution is 6.30. The molecule has 0 N–H and O–H groups in total. The van der Waals surface area contributed by atoms with Crippen molar-refractivity contribution in [1.29, 1.82) is 0 Å². The van der Waals surface area contributed by atoms with Crippen molar-refractivity contribution in [3.05, 3.63) is 57.6 Å². The Balaban J connectivity index is 1.59. The topological polar surface area (TPSA) is 41.4 Å². The number of nitrogens with zero attached hydrogens (tertiary/aromatic N) is 4. The van der Waals surface area contributed by atoms with Crippen LogP contribution in [-0.2, 0) is 13.6 Å². The smallest absolute Gasteiger partial charge is 0.255 e. The molecule has 0 atom stereocenters. The summed E-state index contributed by atoms with van der Waals surface area (Å²) in [5.74, 6) is 0.772. The number of anilines is 1. The van der Waals surface area contributed by atoms with Crippen LogP contribution in [0.5, 0.6) is 0 Å². The van der Waals surface area contributed by atoms with Gasteiger partial charge in [0.25, 0.3) is 5.56 Å². The number of piperazine rings is 1. The van der Waals surface area contributed by atoms with Gasteiger partial charge < -0.3 is 9.47 Å². The van der Waals surface area contributed by atoms with Crippen LogP contribution in [0.3, 0.4) is 0 Å². The van der Waals surface area contributed by atoms with E-state index in [4.69, 9.17) is 11.6 Å². The lowest BCUT2D eigenvalue weighted by Gasteiger charge is -2.35. The van der Waals surface area contributed by atoms with Crippen LogP contribution in [0.15, 0.2) is 41.5 Å². The van der Waals surface area contributed by atoms with Crippen molar-refractivity contribution in [3.8, 4) is 0 Å². The lowest BCUT2D eigenvalue weighted by Crippen LogP contribution is -2.46. The molecule has 116 valence electrons. The van der Waals surface area contributed by atoms with Gasteiger partial charge in [0.1, 0.15) is 5.82 Å². The molecule has 2 heterocycles. The molecule has 6 heteroatoms. The van der Waals surface area contributed by atoms with Crippen molar-refractivity contribution in [2.24, 2.45) is 7.05 Å². The second kappa shape index (κ2) is 6.50. The summed E-state index contributed by atoms with van der Waals surface area (Å²) in [7, 11) is 1.71. The molecule has 1 fully saturated rings. The molecule has 1 saturated heterocycles. The first-order chi connectivity index (χ1) is 10.6. The molecule has 0 unspecified atom stereocenters. The zero-order chi connectivity index (χ0) is 15.5. The molecule has 2 aromatic rings. The fraction of sp³-hybridized carbons (Fsp3) is 0.375. The summed E-state index contributed by atoms with van der Waals surface area (Å²) in [5, 5.41) is 0.769. The van der Waals surface area contributed by atoms with Gasteiger partial charge in [-0.15, -0.1) is 0 Å². The number of rotatable bonds is 3. The Hall–Kier alpha value is -1.85. The van der Waals surface area contributed by atoms with E-state index in [0.717, 1.165) is 43.6 Å². The predicted molar refractivity (Wildman–Crippen MR) is 88.4 cm³/mol. The minimum Gasteiger partial charge on any atom is -0.354 e. The zero-order valence-corrected chi connectivity index (χ0v) is 13.3. The van der Waals surface area contributed by atoms with E-state index in [1.54, 1.807) is 19.4 Å². The maximum Gasteiger partial charge on any atom is 0.255 e. The van der Waals surface area contributed by atoms with E-state index in [1.807, 2.05) is 12.1 Å². The summed E-state index contributed by atoms with van der Waals surface area (Å²) in [5.41, 5.74) is 1.25. The standard InChI is InChI=1S/C16H19ClN4O/c1-19-12-18-15(10-16(19)22)21-8-6-20(7-9-21)11-13-2-4-14(17)5-3-13/h2-5,10,12H,6-9,11H2,1H3. The number of aromatic nitrogens is 2. The largest absolute Gasteiger partial charge is 0.354 e. The van der Waals surface area contributed by atoms with E-state index in [1.165, 1.54) is 10.1 Å². The highest BCUT2D eigenvalue weighted by Crippen LogP contribution is 2.15. The highest BCUT2D eigenvalue weighted by Gasteiger charge is 2.18. The first kappa shape index (κ1) is 15.1. The van der Waals surface area contributed by atoms with Crippen molar-refractivity contribution < 1.29 is 0 Å². The quantitative estimate of drug-likeness (QED) is 0.864. The van der Waals surface area contributed by atoms with Crippen molar-refractivity contribution in [3.63, 3.8) is 0 Å². The van der Waals surface area contributed by atoms with Crippen LogP contribution in [0.1, 0.15) is 5.56 Å². The van der Waals surface area contributed by atoms with Gasteiger partial charge in [-0.25, -0.2) is 4.98 Å². The fourth-order valence-electron chi connectivity index (χ4n) is 2.61. The van der Waals surface area contributed by atoms with Crippen molar-refractivity contribution >= 4 is 17.4 Å². The van der Waals surface area contributed by atoms with Crippen LogP contribution in [0, 0.1) is 0 Å². The lowest BCUT2D eigenvalue weighted by molar-refractivity contribution is 0.249. The van der Waals surface area contributed by atoms with E-state index in [2.05, 4.69) is 26.9 Å². The van der Waals surface area contributed by atoms with Crippen LogP contribution in [0.4, 0.5) is 5.82 Å². The van der Waals surface area contributed by atoms with Crippen LogP contribution >= 0.6 is 11.6 Å². The second-order valence-corrected chi connectivity index (χ2v) is 6.02. The molecule has 0 radical (unpaired) electrons. The van der Waals surface area contributed by atoms with Gasteiger partial charge in [-0.2, -0.15) is 0 Å². The Morgan fingerprint density at radius 1 is 1.14 bits per heavy atom. The lowest BCUT2D eigenvalue weighted by atomic mass is 10.2. The van der Waals surface area contributed by atoms with Crippen LogP contribution in [0.25, 0.3) is 0 Å². The third kappa shape index (κ3) is 3.48. The minimum absolute atomic E-state index is 0.0198. The molecule has 5 nitrogen and oxygen atoms in total. The Kier molecular flexibility index (Phi) is 4.45. The molecule has 1 aliphatic heterocycles. The molecule has 22 heavy (non-hydrogen) atoms. The van der Waals surface area contributed by atoms with Gasteiger partial charge >= 0.3 is 0 Å². The first-order valence-electron chi connectivity index (χ1n) is 7.36. The minimum atomic E-state index is -0.0198. The number of halogens is 1. The summed E-state index contributed by atoms with van der Waals surface area (Å²) in [6.45, 7) is 4.61. The molecule has 1 aromatic heterocycles. The maximum absolute atomic E-state index is 11.7. The summed E-state index contributed by atoms with van der Waals surface area (Å²) in [6, 6.07) is 9.59. The summed E-state index contributed by atoms with van der Waals surface area (Å²) in [4.78, 5) is 20.6. The molecule has 3 rings (SSSR count). The normalized spacial score (nSPS) is 16.0. The Labute approximate surface area is 134 Å². The second-order valence-electron chi connectivity index (χ2n) is 5.59. The number of hydrogen-bond acceptors (Lipinski definition) is 4. The third-order valence-corrected chi connectivity index (χ3v) is 4.23. The maximum atomic E-state index is 11.7. The van der Waals surface area contributed by atoms with E-state index >= 15 is 0 Å². The fourth-order valence-corrected chi connectivity index (χ4v) is 2.73. The van der Waals surface area contributed by atoms with E-state index in [0.29, 0.717) is 0 Å². The average molecular weight is 319 g/mol. The molecule has 0 bridgehead atoms. The molecule has 0 aliphatic carbocycles. The molecular weight excluding hydrogens is 300 g/mol. The highest BCUT2D eigenvalue weighted by atomic mass is 35.5. The van der Waals surface area contributed by atoms with E-state index < -0.39 is 0 Å². The van der Waals surface area contributed by atoms with Crippen molar-refractivity contribution in [2.75, 3.05) is 31.1 Å². The Bertz CT molecular complexity index is 690. The first-order valence-corrected chi connectivity index (χ1v) is 7.74. The van der Waals surface area contributed by atoms with Gasteiger partial charge in [-0.05, 0) is 17.7 Å². The number of aryl methyl sites for hydroxylation is 1.